The van der Waals surface area contributed by atoms with Gasteiger partial charge in [-0.1, -0.05) is 18.2 Å². The largest absolute Gasteiger partial charge is 0.378 e. The topological polar surface area (TPSA) is 58.6 Å². The lowest BCUT2D eigenvalue weighted by Gasteiger charge is -2.30. The summed E-state index contributed by atoms with van der Waals surface area (Å²) in [5, 5.41) is 0. The first-order valence-electron chi connectivity index (χ1n) is 8.20. The maximum atomic E-state index is 13.8. The van der Waals surface area contributed by atoms with Gasteiger partial charge in [-0.25, -0.2) is 17.2 Å². The number of anilines is 2. The Morgan fingerprint density at radius 2 is 1.62 bits per heavy atom. The fourth-order valence-corrected chi connectivity index (χ4v) is 4.64. The van der Waals surface area contributed by atoms with Gasteiger partial charge in [0.15, 0.2) is 11.6 Å². The summed E-state index contributed by atoms with van der Waals surface area (Å²) < 4.78 is 61.1. The third-order valence-electron chi connectivity index (χ3n) is 4.31. The Kier molecular flexibility index (Phi) is 5.15. The number of sulfonamides is 1. The molecule has 0 saturated carbocycles. The van der Waals surface area contributed by atoms with Gasteiger partial charge in [0.2, 0.25) is 0 Å². The zero-order valence-electron chi connectivity index (χ0n) is 14.6. The van der Waals surface area contributed by atoms with Crippen LogP contribution in [0.5, 0.6) is 0 Å². The highest BCUT2D eigenvalue weighted by atomic mass is 32.2. The van der Waals surface area contributed by atoms with Crippen molar-refractivity contribution in [1.29, 1.82) is 0 Å². The summed E-state index contributed by atoms with van der Waals surface area (Å²) in [7, 11) is -3.96. The van der Waals surface area contributed by atoms with Crippen LogP contribution in [0.3, 0.4) is 0 Å². The van der Waals surface area contributed by atoms with Gasteiger partial charge in [0.05, 0.1) is 29.5 Å². The number of benzene rings is 2. The zero-order chi connectivity index (χ0) is 18.9. The van der Waals surface area contributed by atoms with Crippen LogP contribution in [-0.4, -0.2) is 34.7 Å². The van der Waals surface area contributed by atoms with E-state index in [-0.39, 0.29) is 10.6 Å². The smallest absolute Gasteiger partial charge is 0.262 e. The minimum atomic E-state index is -3.96. The minimum absolute atomic E-state index is 0.00783. The molecule has 1 aliphatic heterocycles. The van der Waals surface area contributed by atoms with Crippen LogP contribution in [-0.2, 0) is 14.8 Å². The molecule has 2 aromatic carbocycles. The van der Waals surface area contributed by atoms with Crippen molar-refractivity contribution in [1.82, 2.24) is 0 Å². The molecule has 0 atom stereocenters. The van der Waals surface area contributed by atoms with Crippen LogP contribution in [0, 0.1) is 25.5 Å². The van der Waals surface area contributed by atoms with E-state index in [9.17, 15) is 17.2 Å². The van der Waals surface area contributed by atoms with E-state index in [0.717, 1.165) is 12.1 Å². The standard InChI is InChI=1S/C18H20F2N2O3S/c1-12-4-3-5-13(2)18(12)26(23,24)21-16-10-14(19)15(20)11-17(16)22-6-8-25-9-7-22/h3-5,10-11,21H,6-9H2,1-2H3. The molecule has 0 radical (unpaired) electrons. The lowest BCUT2D eigenvalue weighted by atomic mass is 10.2. The summed E-state index contributed by atoms with van der Waals surface area (Å²) in [5.41, 5.74) is 1.46. The van der Waals surface area contributed by atoms with E-state index < -0.39 is 21.7 Å². The van der Waals surface area contributed by atoms with Gasteiger partial charge in [-0.15, -0.1) is 0 Å². The average molecular weight is 382 g/mol. The first-order chi connectivity index (χ1) is 12.3. The van der Waals surface area contributed by atoms with E-state index in [2.05, 4.69) is 4.72 Å². The minimum Gasteiger partial charge on any atom is -0.378 e. The summed E-state index contributed by atoms with van der Waals surface area (Å²) in [4.78, 5) is 1.91. The van der Waals surface area contributed by atoms with Crippen molar-refractivity contribution >= 4 is 21.4 Å². The Balaban J connectivity index is 2.05. The Hall–Kier alpha value is -2.19. The molecule has 140 valence electrons. The number of halogens is 2. The number of hydrogen-bond donors (Lipinski definition) is 1. The highest BCUT2D eigenvalue weighted by Gasteiger charge is 2.24. The number of hydrogen-bond acceptors (Lipinski definition) is 4. The Labute approximate surface area is 151 Å². The van der Waals surface area contributed by atoms with E-state index >= 15 is 0 Å². The number of ether oxygens (including phenoxy) is 1. The summed E-state index contributed by atoms with van der Waals surface area (Å²) >= 11 is 0. The van der Waals surface area contributed by atoms with Crippen LogP contribution in [0.25, 0.3) is 0 Å². The average Bonchev–Trinajstić information content (AvgIpc) is 2.58. The molecule has 1 saturated heterocycles. The Morgan fingerprint density at radius 3 is 2.23 bits per heavy atom. The van der Waals surface area contributed by atoms with Crippen molar-refractivity contribution in [2.24, 2.45) is 0 Å². The van der Waals surface area contributed by atoms with Crippen molar-refractivity contribution in [3.63, 3.8) is 0 Å². The number of morpholine rings is 1. The molecule has 0 aromatic heterocycles. The van der Waals surface area contributed by atoms with Gasteiger partial charge in [-0.05, 0) is 25.0 Å². The molecule has 0 amide bonds. The number of nitrogens with zero attached hydrogens (tertiary/aromatic N) is 1. The normalized spacial score (nSPS) is 15.2. The Morgan fingerprint density at radius 1 is 1.04 bits per heavy atom. The second-order valence-electron chi connectivity index (χ2n) is 6.21. The van der Waals surface area contributed by atoms with E-state index in [1.807, 2.05) is 0 Å². The fourth-order valence-electron chi connectivity index (χ4n) is 3.10. The number of rotatable bonds is 4. The molecule has 26 heavy (non-hydrogen) atoms. The van der Waals surface area contributed by atoms with Crippen LogP contribution >= 0.6 is 0 Å². The maximum absolute atomic E-state index is 13.8. The summed E-state index contributed by atoms with van der Waals surface area (Å²) in [6.45, 7) is 5.17. The highest BCUT2D eigenvalue weighted by Crippen LogP contribution is 2.32. The van der Waals surface area contributed by atoms with Crippen molar-refractivity contribution in [2.75, 3.05) is 35.9 Å². The molecule has 8 heteroatoms. The summed E-state index contributed by atoms with van der Waals surface area (Å²) in [6.07, 6.45) is 0. The number of aryl methyl sites for hydroxylation is 2. The second kappa shape index (κ2) is 7.20. The molecule has 5 nitrogen and oxygen atoms in total. The van der Waals surface area contributed by atoms with Gasteiger partial charge in [-0.2, -0.15) is 0 Å². The van der Waals surface area contributed by atoms with Gasteiger partial charge in [0.25, 0.3) is 10.0 Å². The van der Waals surface area contributed by atoms with Gasteiger partial charge >= 0.3 is 0 Å². The molecule has 0 aliphatic carbocycles. The van der Waals surface area contributed by atoms with E-state index in [4.69, 9.17) is 4.74 Å². The van der Waals surface area contributed by atoms with Crippen LogP contribution < -0.4 is 9.62 Å². The molecular weight excluding hydrogens is 362 g/mol. The van der Waals surface area contributed by atoms with Crippen LogP contribution in [0.2, 0.25) is 0 Å². The van der Waals surface area contributed by atoms with Crippen LogP contribution in [0.15, 0.2) is 35.2 Å². The second-order valence-corrected chi connectivity index (χ2v) is 7.83. The van der Waals surface area contributed by atoms with E-state index in [0.29, 0.717) is 43.1 Å². The van der Waals surface area contributed by atoms with Gasteiger partial charge < -0.3 is 9.64 Å². The highest BCUT2D eigenvalue weighted by molar-refractivity contribution is 7.92. The van der Waals surface area contributed by atoms with E-state index in [1.165, 1.54) is 0 Å². The summed E-state index contributed by atoms with van der Waals surface area (Å²) in [5.74, 6) is -2.14. The predicted octanol–water partition coefficient (Wildman–Crippen LogP) is 3.22. The third-order valence-corrected chi connectivity index (χ3v) is 5.98. The molecule has 0 spiro atoms. The van der Waals surface area contributed by atoms with Crippen molar-refractivity contribution in [2.45, 2.75) is 18.7 Å². The van der Waals surface area contributed by atoms with Crippen LogP contribution in [0.4, 0.5) is 20.2 Å². The van der Waals surface area contributed by atoms with Gasteiger partial charge in [0.1, 0.15) is 0 Å². The van der Waals surface area contributed by atoms with E-state index in [1.54, 1.807) is 36.9 Å². The lowest BCUT2D eigenvalue weighted by molar-refractivity contribution is 0.122. The molecule has 1 fully saturated rings. The van der Waals surface area contributed by atoms with Gasteiger partial charge in [-0.3, -0.25) is 4.72 Å². The number of nitrogens with one attached hydrogen (secondary N) is 1. The SMILES string of the molecule is Cc1cccc(C)c1S(=O)(=O)Nc1cc(F)c(F)cc1N1CCOCC1. The molecule has 1 aliphatic rings. The molecule has 2 aromatic rings. The molecule has 0 unspecified atom stereocenters. The summed E-state index contributed by atoms with van der Waals surface area (Å²) in [6, 6.07) is 7.04. The molecular formula is C18H20F2N2O3S. The van der Waals surface area contributed by atoms with Crippen molar-refractivity contribution < 1.29 is 21.9 Å². The van der Waals surface area contributed by atoms with Crippen LogP contribution in [0.1, 0.15) is 11.1 Å². The first kappa shape index (κ1) is 18.6. The monoisotopic (exact) mass is 382 g/mol. The fraction of sp³-hybridized carbons (Fsp3) is 0.333. The zero-order valence-corrected chi connectivity index (χ0v) is 15.4. The van der Waals surface area contributed by atoms with Crippen molar-refractivity contribution in [3.05, 3.63) is 53.1 Å². The Bertz CT molecular complexity index is 906. The lowest BCUT2D eigenvalue weighted by Crippen LogP contribution is -2.37. The van der Waals surface area contributed by atoms with Crippen molar-refractivity contribution in [3.8, 4) is 0 Å². The third kappa shape index (κ3) is 3.66. The molecule has 1 N–H and O–H groups in total. The van der Waals surface area contributed by atoms with Gasteiger partial charge in [0, 0.05) is 25.2 Å². The molecule has 3 rings (SSSR count). The quantitative estimate of drug-likeness (QED) is 0.882. The maximum Gasteiger partial charge on any atom is 0.262 e. The predicted molar refractivity (Wildman–Crippen MR) is 96.1 cm³/mol. The molecule has 0 bridgehead atoms. The molecule has 1 heterocycles. The first-order valence-corrected chi connectivity index (χ1v) is 9.68.